The molecule has 1 aliphatic rings. The number of rotatable bonds is 4. The van der Waals surface area contributed by atoms with E-state index in [1.54, 1.807) is 6.92 Å². The van der Waals surface area contributed by atoms with Crippen molar-refractivity contribution in [1.29, 1.82) is 0 Å². The Bertz CT molecular complexity index is 1140. The van der Waals surface area contributed by atoms with E-state index in [1.165, 1.54) is 11.0 Å². The van der Waals surface area contributed by atoms with Gasteiger partial charge in [0.05, 0.1) is 12.2 Å². The molecule has 1 N–H and O–H groups in total. The lowest BCUT2D eigenvalue weighted by Crippen LogP contribution is -2.12. The minimum absolute atomic E-state index is 0.416. The van der Waals surface area contributed by atoms with Crippen molar-refractivity contribution < 1.29 is 8.78 Å². The van der Waals surface area contributed by atoms with Crippen LogP contribution in [0.1, 0.15) is 36.8 Å². The molecule has 8 heteroatoms. The van der Waals surface area contributed by atoms with Gasteiger partial charge in [-0.25, -0.2) is 28.7 Å². The molecule has 0 radical (unpaired) electrons. The van der Waals surface area contributed by atoms with Gasteiger partial charge < -0.3 is 9.55 Å². The van der Waals surface area contributed by atoms with Crippen molar-refractivity contribution in [3.05, 3.63) is 36.2 Å². The molecule has 1 fully saturated rings. The first-order chi connectivity index (χ1) is 13.1. The highest BCUT2D eigenvalue weighted by molar-refractivity contribution is 5.93. The SMILES string of the molecule is Cc1nc2ccc(-c3c[nH]c4nc(C5CCC5)ncc34)nc2n1CC(F)F. The number of H-pyrrole nitrogens is 1. The van der Waals surface area contributed by atoms with Gasteiger partial charge in [0, 0.05) is 29.3 Å². The Balaban J connectivity index is 1.60. The number of nitrogens with zero attached hydrogens (tertiary/aromatic N) is 5. The lowest BCUT2D eigenvalue weighted by Gasteiger charge is -2.23. The molecule has 0 aliphatic heterocycles. The summed E-state index contributed by atoms with van der Waals surface area (Å²) in [6, 6.07) is 3.67. The van der Waals surface area contributed by atoms with Gasteiger partial charge in [0.15, 0.2) is 5.65 Å². The first-order valence-electron chi connectivity index (χ1n) is 9.06. The van der Waals surface area contributed by atoms with Gasteiger partial charge in [0.25, 0.3) is 6.43 Å². The van der Waals surface area contributed by atoms with Crippen LogP contribution in [-0.4, -0.2) is 35.9 Å². The fourth-order valence-electron chi connectivity index (χ4n) is 3.62. The summed E-state index contributed by atoms with van der Waals surface area (Å²) in [4.78, 5) is 21.3. The molecule has 4 aromatic rings. The lowest BCUT2D eigenvalue weighted by molar-refractivity contribution is 0.127. The fraction of sp³-hybridized carbons (Fsp3) is 0.368. The molecule has 0 bridgehead atoms. The van der Waals surface area contributed by atoms with Gasteiger partial charge in [0.1, 0.15) is 22.8 Å². The van der Waals surface area contributed by atoms with Crippen molar-refractivity contribution in [2.45, 2.75) is 45.1 Å². The molecule has 0 saturated heterocycles. The summed E-state index contributed by atoms with van der Waals surface area (Å²) in [5, 5.41) is 0.876. The van der Waals surface area contributed by atoms with E-state index < -0.39 is 13.0 Å². The average Bonchev–Trinajstić information content (AvgIpc) is 3.14. The van der Waals surface area contributed by atoms with Crippen LogP contribution in [0.15, 0.2) is 24.5 Å². The molecule has 0 amide bonds. The zero-order chi connectivity index (χ0) is 18.5. The highest BCUT2D eigenvalue weighted by Gasteiger charge is 2.23. The van der Waals surface area contributed by atoms with Crippen LogP contribution in [0.3, 0.4) is 0 Å². The van der Waals surface area contributed by atoms with Crippen LogP contribution in [0, 0.1) is 6.92 Å². The van der Waals surface area contributed by atoms with Crippen molar-refractivity contribution in [2.24, 2.45) is 0 Å². The highest BCUT2D eigenvalue weighted by Crippen LogP contribution is 2.35. The third kappa shape index (κ3) is 2.67. The van der Waals surface area contributed by atoms with Gasteiger partial charge >= 0.3 is 0 Å². The van der Waals surface area contributed by atoms with Crippen molar-refractivity contribution in [3.8, 4) is 11.3 Å². The van der Waals surface area contributed by atoms with Gasteiger partial charge in [-0.15, -0.1) is 0 Å². The quantitative estimate of drug-likeness (QED) is 0.586. The Kier molecular flexibility index (Phi) is 3.66. The predicted octanol–water partition coefficient (Wildman–Crippen LogP) is 4.21. The van der Waals surface area contributed by atoms with Crippen LogP contribution in [0.2, 0.25) is 0 Å². The number of halogens is 2. The van der Waals surface area contributed by atoms with Crippen molar-refractivity contribution >= 4 is 22.2 Å². The largest absolute Gasteiger partial charge is 0.345 e. The maximum Gasteiger partial charge on any atom is 0.256 e. The van der Waals surface area contributed by atoms with Gasteiger partial charge in [0.2, 0.25) is 0 Å². The third-order valence-corrected chi connectivity index (χ3v) is 5.30. The number of imidazole rings is 1. The molecule has 0 atom stereocenters. The molecule has 4 heterocycles. The molecule has 0 unspecified atom stereocenters. The van der Waals surface area contributed by atoms with Gasteiger partial charge in [-0.05, 0) is 31.9 Å². The number of hydrogen-bond donors (Lipinski definition) is 1. The maximum atomic E-state index is 12.9. The Morgan fingerprint density at radius 2 is 2.07 bits per heavy atom. The summed E-state index contributed by atoms with van der Waals surface area (Å²) in [6.45, 7) is 1.30. The first kappa shape index (κ1) is 16.3. The summed E-state index contributed by atoms with van der Waals surface area (Å²) in [6.07, 6.45) is 4.74. The maximum absolute atomic E-state index is 12.9. The molecular weight excluding hydrogens is 350 g/mol. The van der Waals surface area contributed by atoms with Crippen LogP contribution in [0.4, 0.5) is 8.78 Å². The normalized spacial score (nSPS) is 15.1. The summed E-state index contributed by atoms with van der Waals surface area (Å²) in [5.41, 5.74) is 3.40. The van der Waals surface area contributed by atoms with Crippen molar-refractivity contribution in [2.75, 3.05) is 0 Å². The molecule has 1 aliphatic carbocycles. The van der Waals surface area contributed by atoms with E-state index in [2.05, 4.69) is 24.9 Å². The first-order valence-corrected chi connectivity index (χ1v) is 9.06. The zero-order valence-corrected chi connectivity index (χ0v) is 14.8. The second-order valence-electron chi connectivity index (χ2n) is 7.02. The second kappa shape index (κ2) is 6.07. The molecular formula is C19H18F2N6. The Hall–Kier alpha value is -2.90. The molecule has 5 rings (SSSR count). The van der Waals surface area contributed by atoms with E-state index in [1.807, 2.05) is 24.5 Å². The molecule has 6 nitrogen and oxygen atoms in total. The van der Waals surface area contributed by atoms with Crippen LogP contribution in [0.5, 0.6) is 0 Å². The van der Waals surface area contributed by atoms with E-state index in [4.69, 9.17) is 0 Å². The summed E-state index contributed by atoms with van der Waals surface area (Å²) in [5.74, 6) is 1.88. The second-order valence-corrected chi connectivity index (χ2v) is 7.02. The average molecular weight is 368 g/mol. The number of fused-ring (bicyclic) bond motifs is 2. The number of aromatic nitrogens is 6. The number of nitrogens with one attached hydrogen (secondary N) is 1. The summed E-state index contributed by atoms with van der Waals surface area (Å²) in [7, 11) is 0. The number of aromatic amines is 1. The van der Waals surface area contributed by atoms with Crippen LogP contribution in [0.25, 0.3) is 33.5 Å². The standard InChI is InChI=1S/C19H18F2N6/c1-10-24-15-6-5-14(25-19(15)27(10)9-16(20)21)12-7-23-18-13(12)8-22-17(26-18)11-3-2-4-11/h5-8,11,16H,2-4,9H2,1H3,(H,22,23,26). The zero-order valence-electron chi connectivity index (χ0n) is 14.8. The Morgan fingerprint density at radius 3 is 2.81 bits per heavy atom. The number of alkyl halides is 2. The number of aryl methyl sites for hydroxylation is 1. The van der Waals surface area contributed by atoms with E-state index in [0.717, 1.165) is 35.3 Å². The van der Waals surface area contributed by atoms with Crippen molar-refractivity contribution in [3.63, 3.8) is 0 Å². The molecule has 1 saturated carbocycles. The molecule has 4 aromatic heterocycles. The molecule has 0 aromatic carbocycles. The summed E-state index contributed by atoms with van der Waals surface area (Å²) >= 11 is 0. The Labute approximate surface area is 153 Å². The lowest BCUT2D eigenvalue weighted by atomic mass is 9.85. The van der Waals surface area contributed by atoms with Gasteiger partial charge in [-0.1, -0.05) is 6.42 Å². The van der Waals surface area contributed by atoms with Crippen LogP contribution >= 0.6 is 0 Å². The van der Waals surface area contributed by atoms with E-state index in [-0.39, 0.29) is 0 Å². The van der Waals surface area contributed by atoms with E-state index in [9.17, 15) is 8.78 Å². The molecule has 27 heavy (non-hydrogen) atoms. The van der Waals surface area contributed by atoms with Crippen LogP contribution < -0.4 is 0 Å². The van der Waals surface area contributed by atoms with Gasteiger partial charge in [-0.3, -0.25) is 0 Å². The van der Waals surface area contributed by atoms with E-state index in [0.29, 0.717) is 28.6 Å². The smallest absolute Gasteiger partial charge is 0.256 e. The molecule has 0 spiro atoms. The topological polar surface area (TPSA) is 72.3 Å². The predicted molar refractivity (Wildman–Crippen MR) is 97.7 cm³/mol. The van der Waals surface area contributed by atoms with Gasteiger partial charge in [-0.2, -0.15) is 0 Å². The van der Waals surface area contributed by atoms with Crippen molar-refractivity contribution in [1.82, 2.24) is 29.5 Å². The number of pyridine rings is 1. The summed E-state index contributed by atoms with van der Waals surface area (Å²) < 4.78 is 27.3. The monoisotopic (exact) mass is 368 g/mol. The van der Waals surface area contributed by atoms with E-state index >= 15 is 0 Å². The molecule has 138 valence electrons. The van der Waals surface area contributed by atoms with Crippen LogP contribution in [-0.2, 0) is 6.54 Å². The number of hydrogen-bond acceptors (Lipinski definition) is 4. The fourth-order valence-corrected chi connectivity index (χ4v) is 3.62. The Morgan fingerprint density at radius 1 is 1.22 bits per heavy atom. The third-order valence-electron chi connectivity index (χ3n) is 5.30. The minimum Gasteiger partial charge on any atom is -0.345 e. The minimum atomic E-state index is -2.46. The highest BCUT2D eigenvalue weighted by atomic mass is 19.3.